The largest absolute Gasteiger partial charge is 0.496 e. The van der Waals surface area contributed by atoms with Crippen LogP contribution in [0.1, 0.15) is 5.56 Å². The van der Waals surface area contributed by atoms with Crippen LogP contribution >= 0.6 is 22.9 Å². The van der Waals surface area contributed by atoms with Crippen LogP contribution in [-0.2, 0) is 6.54 Å². The summed E-state index contributed by atoms with van der Waals surface area (Å²) in [6, 6.07) is 14.2. The normalized spacial score (nSPS) is 10.7. The molecule has 3 aromatic rings. The predicted octanol–water partition coefficient (Wildman–Crippen LogP) is 5.18. The zero-order valence-corrected chi connectivity index (χ0v) is 12.6. The summed E-state index contributed by atoms with van der Waals surface area (Å²) in [5.41, 5.74) is 2.14. The van der Waals surface area contributed by atoms with E-state index >= 15 is 0 Å². The third-order valence-corrected chi connectivity index (χ3v) is 4.31. The van der Waals surface area contributed by atoms with E-state index in [2.05, 4.69) is 35.0 Å². The predicted molar refractivity (Wildman–Crippen MR) is 87.2 cm³/mol. The molecule has 0 saturated carbocycles. The monoisotopic (exact) mass is 303 g/mol. The van der Waals surface area contributed by atoms with Gasteiger partial charge >= 0.3 is 0 Å². The Morgan fingerprint density at radius 2 is 2.05 bits per heavy atom. The van der Waals surface area contributed by atoms with Crippen LogP contribution in [0, 0.1) is 0 Å². The highest BCUT2D eigenvalue weighted by Crippen LogP contribution is 2.26. The van der Waals surface area contributed by atoms with Crippen LogP contribution in [0.2, 0.25) is 5.02 Å². The average molecular weight is 304 g/mol. The molecule has 0 radical (unpaired) electrons. The van der Waals surface area contributed by atoms with Crippen molar-refractivity contribution in [3.8, 4) is 5.75 Å². The number of methoxy groups -OCH3 is 1. The van der Waals surface area contributed by atoms with Crippen molar-refractivity contribution >= 4 is 38.7 Å². The van der Waals surface area contributed by atoms with Gasteiger partial charge in [-0.15, -0.1) is 11.3 Å². The van der Waals surface area contributed by atoms with Gasteiger partial charge in [-0.2, -0.15) is 0 Å². The maximum atomic E-state index is 6.04. The molecule has 0 aliphatic carbocycles. The molecule has 3 rings (SSSR count). The van der Waals surface area contributed by atoms with Crippen LogP contribution in [0.3, 0.4) is 0 Å². The third kappa shape index (κ3) is 2.74. The molecule has 1 heterocycles. The van der Waals surface area contributed by atoms with E-state index in [-0.39, 0.29) is 0 Å². The van der Waals surface area contributed by atoms with Crippen LogP contribution in [0.4, 0.5) is 5.69 Å². The van der Waals surface area contributed by atoms with E-state index in [0.29, 0.717) is 6.54 Å². The first kappa shape index (κ1) is 13.3. The minimum absolute atomic E-state index is 0.680. The number of thiophene rings is 1. The summed E-state index contributed by atoms with van der Waals surface area (Å²) in [5.74, 6) is 0.846. The molecule has 0 aliphatic heterocycles. The molecule has 102 valence electrons. The fraction of sp³-hybridized carbons (Fsp3) is 0.125. The Morgan fingerprint density at radius 1 is 1.15 bits per heavy atom. The lowest BCUT2D eigenvalue weighted by Gasteiger charge is -2.11. The van der Waals surface area contributed by atoms with E-state index in [1.54, 1.807) is 18.4 Å². The van der Waals surface area contributed by atoms with Crippen molar-refractivity contribution < 1.29 is 4.74 Å². The molecule has 0 aliphatic rings. The lowest BCUT2D eigenvalue weighted by atomic mass is 10.2. The van der Waals surface area contributed by atoms with E-state index in [4.69, 9.17) is 16.3 Å². The lowest BCUT2D eigenvalue weighted by Crippen LogP contribution is -2.01. The van der Waals surface area contributed by atoms with Crippen molar-refractivity contribution in [2.24, 2.45) is 0 Å². The third-order valence-electron chi connectivity index (χ3n) is 3.18. The number of anilines is 1. The molecule has 1 N–H and O–H groups in total. The highest BCUT2D eigenvalue weighted by atomic mass is 35.5. The van der Waals surface area contributed by atoms with Crippen molar-refractivity contribution in [1.82, 2.24) is 0 Å². The van der Waals surface area contributed by atoms with Gasteiger partial charge in [0.15, 0.2) is 0 Å². The Balaban J connectivity index is 1.80. The molecule has 0 unspecified atom stereocenters. The summed E-state index contributed by atoms with van der Waals surface area (Å²) < 4.78 is 6.65. The first-order valence-electron chi connectivity index (χ1n) is 6.30. The molecule has 0 bridgehead atoms. The molecule has 2 nitrogen and oxygen atoms in total. The highest BCUT2D eigenvalue weighted by molar-refractivity contribution is 7.17. The molecule has 2 aromatic carbocycles. The van der Waals surface area contributed by atoms with Gasteiger partial charge < -0.3 is 10.1 Å². The van der Waals surface area contributed by atoms with Crippen LogP contribution < -0.4 is 10.1 Å². The van der Waals surface area contributed by atoms with E-state index in [0.717, 1.165) is 22.0 Å². The van der Waals surface area contributed by atoms with Crippen LogP contribution in [0.15, 0.2) is 47.8 Å². The number of nitrogens with one attached hydrogen (secondary N) is 1. The van der Waals surface area contributed by atoms with Crippen molar-refractivity contribution in [2.45, 2.75) is 6.54 Å². The molecule has 20 heavy (non-hydrogen) atoms. The first-order chi connectivity index (χ1) is 9.76. The number of fused-ring (bicyclic) bond motifs is 1. The molecular weight excluding hydrogens is 290 g/mol. The van der Waals surface area contributed by atoms with Gasteiger partial charge in [-0.25, -0.2) is 0 Å². The topological polar surface area (TPSA) is 21.3 Å². The first-order valence-corrected chi connectivity index (χ1v) is 7.55. The number of benzene rings is 2. The molecule has 4 heteroatoms. The number of hydrogen-bond donors (Lipinski definition) is 1. The SMILES string of the molecule is COc1ccc(Cl)cc1CNc1ccc2sccc2c1. The summed E-state index contributed by atoms with van der Waals surface area (Å²) in [7, 11) is 1.67. The van der Waals surface area contributed by atoms with Crippen LogP contribution in [-0.4, -0.2) is 7.11 Å². The Hall–Kier alpha value is -1.71. The molecule has 1 aromatic heterocycles. The lowest BCUT2D eigenvalue weighted by molar-refractivity contribution is 0.410. The Kier molecular flexibility index (Phi) is 3.81. The van der Waals surface area contributed by atoms with Gasteiger partial charge in [-0.3, -0.25) is 0 Å². The molecule has 0 spiro atoms. The van der Waals surface area contributed by atoms with E-state index in [1.807, 2.05) is 18.2 Å². The van der Waals surface area contributed by atoms with Crippen molar-refractivity contribution in [1.29, 1.82) is 0 Å². The van der Waals surface area contributed by atoms with E-state index in [9.17, 15) is 0 Å². The number of halogens is 1. The number of ether oxygens (including phenoxy) is 1. The van der Waals surface area contributed by atoms with Crippen molar-refractivity contribution in [2.75, 3.05) is 12.4 Å². The van der Waals surface area contributed by atoms with Gasteiger partial charge in [0.25, 0.3) is 0 Å². The van der Waals surface area contributed by atoms with Gasteiger partial charge in [0.2, 0.25) is 0 Å². The van der Waals surface area contributed by atoms with Gasteiger partial charge in [-0.05, 0) is 53.2 Å². The molecule has 0 saturated heterocycles. The second-order valence-corrected chi connectivity index (χ2v) is 5.87. The van der Waals surface area contributed by atoms with Gasteiger partial charge in [0.05, 0.1) is 7.11 Å². The fourth-order valence-electron chi connectivity index (χ4n) is 2.16. The standard InChI is InChI=1S/C16H14ClNOS/c1-19-15-4-2-13(17)8-12(15)10-18-14-3-5-16-11(9-14)6-7-20-16/h2-9,18H,10H2,1H3. The summed E-state index contributed by atoms with van der Waals surface area (Å²) >= 11 is 7.79. The second kappa shape index (κ2) is 5.73. The van der Waals surface area contributed by atoms with Gasteiger partial charge in [0, 0.05) is 27.5 Å². The summed E-state index contributed by atoms with van der Waals surface area (Å²) in [6.07, 6.45) is 0. The molecular formula is C16H14ClNOS. The van der Waals surface area contributed by atoms with E-state index in [1.165, 1.54) is 10.1 Å². The van der Waals surface area contributed by atoms with Gasteiger partial charge in [0.1, 0.15) is 5.75 Å². The second-order valence-electron chi connectivity index (χ2n) is 4.48. The van der Waals surface area contributed by atoms with Crippen molar-refractivity contribution in [3.63, 3.8) is 0 Å². The quantitative estimate of drug-likeness (QED) is 0.717. The van der Waals surface area contributed by atoms with E-state index < -0.39 is 0 Å². The highest BCUT2D eigenvalue weighted by Gasteiger charge is 2.04. The maximum Gasteiger partial charge on any atom is 0.123 e. The molecule has 0 amide bonds. The zero-order valence-electron chi connectivity index (χ0n) is 11.0. The molecule has 0 fully saturated rings. The average Bonchev–Trinajstić information content (AvgIpc) is 2.92. The summed E-state index contributed by atoms with van der Waals surface area (Å²) in [4.78, 5) is 0. The summed E-state index contributed by atoms with van der Waals surface area (Å²) in [5, 5.41) is 7.50. The number of hydrogen-bond acceptors (Lipinski definition) is 3. The van der Waals surface area contributed by atoms with Crippen molar-refractivity contribution in [3.05, 3.63) is 58.4 Å². The zero-order chi connectivity index (χ0) is 13.9. The Labute approximate surface area is 127 Å². The minimum Gasteiger partial charge on any atom is -0.496 e. The Morgan fingerprint density at radius 3 is 2.90 bits per heavy atom. The molecule has 0 atom stereocenters. The Bertz CT molecular complexity index is 738. The van der Waals surface area contributed by atoms with Crippen LogP contribution in [0.25, 0.3) is 10.1 Å². The van der Waals surface area contributed by atoms with Crippen LogP contribution in [0.5, 0.6) is 5.75 Å². The fourth-order valence-corrected chi connectivity index (χ4v) is 3.12. The summed E-state index contributed by atoms with van der Waals surface area (Å²) in [6.45, 7) is 0.680. The smallest absolute Gasteiger partial charge is 0.123 e. The minimum atomic E-state index is 0.680. The number of rotatable bonds is 4. The maximum absolute atomic E-state index is 6.04. The van der Waals surface area contributed by atoms with Gasteiger partial charge in [-0.1, -0.05) is 11.6 Å².